The average molecular weight is 406 g/mol. The van der Waals surface area contributed by atoms with E-state index in [4.69, 9.17) is 11.6 Å². The fraction of sp³-hybridized carbons (Fsp3) is 0.0435. The maximum Gasteiger partial charge on any atom is 0.274 e. The molecular formula is C23H17ClFN3O. The SMILES string of the molecule is Cc1ccc(-n2nc(-c3ccccc3Cl)cc2C(=O)Nc2ccc(F)cc2)cc1. The van der Waals surface area contributed by atoms with Gasteiger partial charge in [0, 0.05) is 11.3 Å². The van der Waals surface area contributed by atoms with Crippen LogP contribution in [0.25, 0.3) is 16.9 Å². The molecule has 4 aromatic rings. The smallest absolute Gasteiger partial charge is 0.274 e. The van der Waals surface area contributed by atoms with Gasteiger partial charge in [0.05, 0.1) is 16.4 Å². The number of aromatic nitrogens is 2. The third kappa shape index (κ3) is 4.05. The van der Waals surface area contributed by atoms with E-state index >= 15 is 0 Å². The van der Waals surface area contributed by atoms with Gasteiger partial charge in [0.25, 0.3) is 5.91 Å². The molecule has 6 heteroatoms. The van der Waals surface area contributed by atoms with Crippen molar-refractivity contribution in [3.8, 4) is 16.9 Å². The van der Waals surface area contributed by atoms with E-state index < -0.39 is 0 Å². The second-order valence-corrected chi connectivity index (χ2v) is 7.01. The van der Waals surface area contributed by atoms with Crippen LogP contribution in [-0.2, 0) is 0 Å². The summed E-state index contributed by atoms with van der Waals surface area (Å²) in [5.74, 6) is -0.725. The van der Waals surface area contributed by atoms with E-state index in [0.717, 1.165) is 16.8 Å². The largest absolute Gasteiger partial charge is 0.321 e. The Morgan fingerprint density at radius 3 is 2.38 bits per heavy atom. The fourth-order valence-corrected chi connectivity index (χ4v) is 3.19. The normalized spacial score (nSPS) is 10.7. The Hall–Kier alpha value is -3.44. The lowest BCUT2D eigenvalue weighted by Gasteiger charge is -2.09. The lowest BCUT2D eigenvalue weighted by atomic mass is 10.1. The number of nitrogens with one attached hydrogen (secondary N) is 1. The maximum atomic E-state index is 13.2. The van der Waals surface area contributed by atoms with Crippen molar-refractivity contribution in [2.75, 3.05) is 5.32 Å². The molecule has 0 spiro atoms. The third-order valence-electron chi connectivity index (χ3n) is 4.47. The molecule has 4 nitrogen and oxygen atoms in total. The van der Waals surface area contributed by atoms with Gasteiger partial charge in [-0.25, -0.2) is 9.07 Å². The quantitative estimate of drug-likeness (QED) is 0.460. The van der Waals surface area contributed by atoms with Gasteiger partial charge in [-0.15, -0.1) is 0 Å². The van der Waals surface area contributed by atoms with Crippen LogP contribution in [0.1, 0.15) is 16.1 Å². The van der Waals surface area contributed by atoms with Gasteiger partial charge in [-0.2, -0.15) is 5.10 Å². The lowest BCUT2D eigenvalue weighted by molar-refractivity contribution is 0.101. The number of aryl methyl sites for hydroxylation is 1. The second kappa shape index (κ2) is 7.89. The van der Waals surface area contributed by atoms with Crippen molar-refractivity contribution in [2.24, 2.45) is 0 Å². The second-order valence-electron chi connectivity index (χ2n) is 6.60. The van der Waals surface area contributed by atoms with Crippen LogP contribution in [-0.4, -0.2) is 15.7 Å². The number of rotatable bonds is 4. The Balaban J connectivity index is 1.78. The average Bonchev–Trinajstić information content (AvgIpc) is 3.16. The fourth-order valence-electron chi connectivity index (χ4n) is 2.95. The molecule has 0 unspecified atom stereocenters. The van der Waals surface area contributed by atoms with Crippen molar-refractivity contribution in [1.29, 1.82) is 0 Å². The van der Waals surface area contributed by atoms with Crippen LogP contribution in [0, 0.1) is 12.7 Å². The number of amides is 1. The topological polar surface area (TPSA) is 46.9 Å². The van der Waals surface area contributed by atoms with Crippen LogP contribution in [0.3, 0.4) is 0 Å². The monoisotopic (exact) mass is 405 g/mol. The summed E-state index contributed by atoms with van der Waals surface area (Å²) >= 11 is 6.33. The molecule has 0 aliphatic heterocycles. The first-order chi connectivity index (χ1) is 14.0. The molecule has 1 amide bonds. The molecule has 0 saturated carbocycles. The first-order valence-electron chi connectivity index (χ1n) is 9.00. The maximum absolute atomic E-state index is 13.2. The van der Waals surface area contributed by atoms with Gasteiger partial charge in [-0.1, -0.05) is 47.5 Å². The lowest BCUT2D eigenvalue weighted by Crippen LogP contribution is -2.17. The first-order valence-corrected chi connectivity index (χ1v) is 9.38. The molecule has 0 atom stereocenters. The number of benzene rings is 3. The highest BCUT2D eigenvalue weighted by atomic mass is 35.5. The molecule has 1 N–H and O–H groups in total. The summed E-state index contributed by atoms with van der Waals surface area (Å²) in [6.45, 7) is 1.99. The van der Waals surface area contributed by atoms with E-state index in [1.54, 1.807) is 16.8 Å². The standard InChI is InChI=1S/C23H17ClFN3O/c1-15-6-12-18(13-7-15)28-22(23(29)26-17-10-8-16(25)9-11-17)14-21(27-28)19-4-2-3-5-20(19)24/h2-14H,1H3,(H,26,29). The van der Waals surface area contributed by atoms with Crippen LogP contribution < -0.4 is 5.32 Å². The summed E-state index contributed by atoms with van der Waals surface area (Å²) in [6.07, 6.45) is 0. The van der Waals surface area contributed by atoms with Crippen LogP contribution in [0.5, 0.6) is 0 Å². The molecule has 0 fully saturated rings. The molecule has 29 heavy (non-hydrogen) atoms. The molecule has 0 aliphatic rings. The third-order valence-corrected chi connectivity index (χ3v) is 4.80. The van der Waals surface area contributed by atoms with E-state index in [9.17, 15) is 9.18 Å². The Morgan fingerprint density at radius 1 is 1.00 bits per heavy atom. The Kier molecular flexibility index (Phi) is 5.14. The highest BCUT2D eigenvalue weighted by Gasteiger charge is 2.19. The molecule has 0 radical (unpaired) electrons. The van der Waals surface area contributed by atoms with Crippen LogP contribution in [0.15, 0.2) is 78.9 Å². The Morgan fingerprint density at radius 2 is 1.69 bits per heavy atom. The summed E-state index contributed by atoms with van der Waals surface area (Å²) in [7, 11) is 0. The minimum Gasteiger partial charge on any atom is -0.321 e. The number of nitrogens with zero attached hydrogens (tertiary/aromatic N) is 2. The number of carbonyl (C=O) groups is 1. The minimum atomic E-state index is -0.367. The van der Waals surface area contributed by atoms with Crippen molar-refractivity contribution in [2.45, 2.75) is 6.92 Å². The zero-order chi connectivity index (χ0) is 20.4. The van der Waals surface area contributed by atoms with Gasteiger partial charge in [0.15, 0.2) is 0 Å². The van der Waals surface area contributed by atoms with Crippen molar-refractivity contribution in [1.82, 2.24) is 9.78 Å². The molecule has 1 heterocycles. The highest BCUT2D eigenvalue weighted by Crippen LogP contribution is 2.28. The summed E-state index contributed by atoms with van der Waals surface area (Å²) in [6, 6.07) is 22.3. The number of hydrogen-bond acceptors (Lipinski definition) is 2. The molecule has 4 rings (SSSR count). The van der Waals surface area contributed by atoms with Gasteiger partial charge in [0.2, 0.25) is 0 Å². The number of hydrogen-bond donors (Lipinski definition) is 1. The van der Waals surface area contributed by atoms with Crippen molar-refractivity contribution >= 4 is 23.2 Å². The van der Waals surface area contributed by atoms with Gasteiger partial charge >= 0.3 is 0 Å². The van der Waals surface area contributed by atoms with E-state index in [0.29, 0.717) is 22.1 Å². The summed E-state index contributed by atoms with van der Waals surface area (Å²) in [5, 5.41) is 7.96. The minimum absolute atomic E-state index is 0.341. The van der Waals surface area contributed by atoms with Gasteiger partial charge in [-0.05, 0) is 55.5 Å². The number of anilines is 1. The molecule has 0 saturated heterocycles. The predicted molar refractivity (Wildman–Crippen MR) is 113 cm³/mol. The molecule has 3 aromatic carbocycles. The van der Waals surface area contributed by atoms with Gasteiger partial charge in [0.1, 0.15) is 11.5 Å². The van der Waals surface area contributed by atoms with Crippen molar-refractivity contribution in [3.63, 3.8) is 0 Å². The van der Waals surface area contributed by atoms with Crippen LogP contribution in [0.4, 0.5) is 10.1 Å². The van der Waals surface area contributed by atoms with Gasteiger partial charge < -0.3 is 5.32 Å². The molecule has 0 bridgehead atoms. The van der Waals surface area contributed by atoms with E-state index in [1.165, 1.54) is 24.3 Å². The zero-order valence-electron chi connectivity index (χ0n) is 15.6. The van der Waals surface area contributed by atoms with Gasteiger partial charge in [-0.3, -0.25) is 4.79 Å². The van der Waals surface area contributed by atoms with E-state index in [-0.39, 0.29) is 11.7 Å². The van der Waals surface area contributed by atoms with Crippen molar-refractivity contribution < 1.29 is 9.18 Å². The van der Waals surface area contributed by atoms with Crippen LogP contribution in [0.2, 0.25) is 5.02 Å². The predicted octanol–water partition coefficient (Wildman–Crippen LogP) is 5.89. The van der Waals surface area contributed by atoms with Crippen LogP contribution >= 0.6 is 11.6 Å². The summed E-state index contributed by atoms with van der Waals surface area (Å²) < 4.78 is 14.7. The summed E-state index contributed by atoms with van der Waals surface area (Å²) in [5.41, 5.74) is 4.00. The molecule has 0 aliphatic carbocycles. The number of carbonyl (C=O) groups excluding carboxylic acids is 1. The molecule has 144 valence electrons. The van der Waals surface area contributed by atoms with E-state index in [2.05, 4.69) is 10.4 Å². The van der Waals surface area contributed by atoms with Crippen molar-refractivity contribution in [3.05, 3.63) is 101 Å². The van der Waals surface area contributed by atoms with E-state index in [1.807, 2.05) is 49.4 Å². The highest BCUT2D eigenvalue weighted by molar-refractivity contribution is 6.33. The Labute approximate surface area is 172 Å². The molecular weight excluding hydrogens is 389 g/mol. The molecule has 1 aromatic heterocycles. The zero-order valence-corrected chi connectivity index (χ0v) is 16.3. The first kappa shape index (κ1) is 18.9. The number of halogens is 2. The summed E-state index contributed by atoms with van der Waals surface area (Å²) in [4.78, 5) is 13.0. The Bertz CT molecular complexity index is 1170.